The van der Waals surface area contributed by atoms with Gasteiger partial charge in [-0.2, -0.15) is 4.98 Å². The minimum absolute atomic E-state index is 0.427. The van der Waals surface area contributed by atoms with Gasteiger partial charge in [-0.3, -0.25) is 0 Å². The van der Waals surface area contributed by atoms with E-state index in [0.717, 1.165) is 76.1 Å². The minimum atomic E-state index is 0.427. The molecular weight excluding hydrogens is 506 g/mol. The van der Waals surface area contributed by atoms with E-state index in [-0.39, 0.29) is 0 Å². The maximum Gasteiger partial charge on any atom is 0.225 e. The lowest BCUT2D eigenvalue weighted by atomic mass is 9.84. The molecule has 1 heterocycles. The first-order valence-corrected chi connectivity index (χ1v) is 13.1. The highest BCUT2D eigenvalue weighted by atomic mass is 79.9. The summed E-state index contributed by atoms with van der Waals surface area (Å²) in [6, 6.07) is 12.6. The van der Waals surface area contributed by atoms with Crippen LogP contribution in [0.4, 0.5) is 11.8 Å². The number of halogens is 1. The summed E-state index contributed by atoms with van der Waals surface area (Å²) in [5, 5.41) is 8.29. The molecule has 1 aliphatic carbocycles. The van der Waals surface area contributed by atoms with E-state index in [1.165, 1.54) is 19.3 Å². The molecule has 1 saturated carbocycles. The van der Waals surface area contributed by atoms with Crippen molar-refractivity contribution >= 4 is 38.6 Å². The Morgan fingerprint density at radius 1 is 1.00 bits per heavy atom. The van der Waals surface area contributed by atoms with Crippen LogP contribution in [0.2, 0.25) is 0 Å². The number of nitrogens with zero attached hydrogens (tertiary/aromatic N) is 3. The van der Waals surface area contributed by atoms with Gasteiger partial charge in [0.15, 0.2) is 0 Å². The van der Waals surface area contributed by atoms with Crippen molar-refractivity contribution in [3.8, 4) is 11.5 Å². The van der Waals surface area contributed by atoms with Crippen molar-refractivity contribution in [1.29, 1.82) is 0 Å². The van der Waals surface area contributed by atoms with Crippen LogP contribution in [0, 0.1) is 5.92 Å². The van der Waals surface area contributed by atoms with Crippen LogP contribution in [0.25, 0.3) is 10.9 Å². The molecule has 0 spiro atoms. The number of rotatable bonds is 10. The average Bonchev–Trinajstić information content (AvgIpc) is 2.87. The van der Waals surface area contributed by atoms with Crippen LogP contribution in [0.1, 0.15) is 37.7 Å². The second-order valence-corrected chi connectivity index (χ2v) is 10.3. The van der Waals surface area contributed by atoms with Crippen LogP contribution in [0.15, 0.2) is 40.9 Å². The van der Waals surface area contributed by atoms with E-state index >= 15 is 0 Å². The molecule has 0 radical (unpaired) electrons. The van der Waals surface area contributed by atoms with Gasteiger partial charge in [-0.1, -0.05) is 12.1 Å². The molecule has 3 aromatic rings. The van der Waals surface area contributed by atoms with Gasteiger partial charge in [-0.05, 0) is 78.7 Å². The summed E-state index contributed by atoms with van der Waals surface area (Å²) in [6.07, 6.45) is 5.94. The van der Waals surface area contributed by atoms with E-state index < -0.39 is 0 Å². The number of ether oxygens (including phenoxy) is 2. The highest BCUT2D eigenvalue weighted by molar-refractivity contribution is 9.10. The van der Waals surface area contributed by atoms with Crippen molar-refractivity contribution in [2.45, 2.75) is 44.7 Å². The highest BCUT2D eigenvalue weighted by Crippen LogP contribution is 2.33. The van der Waals surface area contributed by atoms with Gasteiger partial charge in [0, 0.05) is 43.7 Å². The van der Waals surface area contributed by atoms with Crippen molar-refractivity contribution in [3.63, 3.8) is 0 Å². The van der Waals surface area contributed by atoms with Crippen molar-refractivity contribution < 1.29 is 9.47 Å². The fourth-order valence-corrected chi connectivity index (χ4v) is 5.39. The van der Waals surface area contributed by atoms with E-state index in [0.29, 0.717) is 6.04 Å². The van der Waals surface area contributed by atoms with Crippen LogP contribution in [-0.2, 0) is 6.54 Å². The third kappa shape index (κ3) is 6.35. The molecule has 7 nitrogen and oxygen atoms in total. The van der Waals surface area contributed by atoms with Crippen LogP contribution in [-0.4, -0.2) is 50.9 Å². The molecule has 4 rings (SSSR count). The first-order chi connectivity index (χ1) is 17.0. The third-order valence-corrected chi connectivity index (χ3v) is 7.41. The molecule has 35 heavy (non-hydrogen) atoms. The summed E-state index contributed by atoms with van der Waals surface area (Å²) in [7, 11) is 7.42. The van der Waals surface area contributed by atoms with Gasteiger partial charge in [0.25, 0.3) is 0 Å². The molecule has 0 saturated heterocycles. The third-order valence-electron chi connectivity index (χ3n) is 6.79. The van der Waals surface area contributed by atoms with E-state index in [9.17, 15) is 0 Å². The Morgan fingerprint density at radius 3 is 2.46 bits per heavy atom. The standard InChI is InChI=1S/C27H36BrN5O2/c1-33(2)26-21-7-5-6-8-23(21)31-27(32-26)30-20-11-9-18(10-12-20)13-14-29-17-19-15-22(28)25(35-4)16-24(19)34-3/h5-8,15-16,18,20,29H,9-14,17H2,1-4H3,(H,30,31,32)/t18-,20+. The highest BCUT2D eigenvalue weighted by Gasteiger charge is 2.22. The molecule has 0 aliphatic heterocycles. The van der Waals surface area contributed by atoms with Crippen molar-refractivity contribution in [2.75, 3.05) is 45.1 Å². The molecule has 2 aromatic carbocycles. The Bertz CT molecular complexity index is 1130. The first kappa shape index (κ1) is 25.5. The van der Waals surface area contributed by atoms with Crippen molar-refractivity contribution in [2.24, 2.45) is 5.92 Å². The van der Waals surface area contributed by atoms with Gasteiger partial charge in [0.1, 0.15) is 17.3 Å². The number of hydrogen-bond acceptors (Lipinski definition) is 7. The fraction of sp³-hybridized carbons (Fsp3) is 0.481. The van der Waals surface area contributed by atoms with Gasteiger partial charge in [0.05, 0.1) is 24.2 Å². The number of anilines is 2. The number of fused-ring (bicyclic) bond motifs is 1. The van der Waals surface area contributed by atoms with E-state index in [4.69, 9.17) is 19.4 Å². The maximum atomic E-state index is 5.53. The predicted molar refractivity (Wildman–Crippen MR) is 147 cm³/mol. The Morgan fingerprint density at radius 2 is 1.74 bits per heavy atom. The molecule has 1 aliphatic rings. The molecule has 0 atom stereocenters. The molecule has 8 heteroatoms. The lowest BCUT2D eigenvalue weighted by molar-refractivity contribution is 0.316. The minimum Gasteiger partial charge on any atom is -0.496 e. The Kier molecular flexibility index (Phi) is 8.68. The topological polar surface area (TPSA) is 71.5 Å². The van der Waals surface area contributed by atoms with E-state index in [2.05, 4.69) is 49.7 Å². The molecule has 188 valence electrons. The van der Waals surface area contributed by atoms with Gasteiger partial charge in [-0.15, -0.1) is 0 Å². The largest absolute Gasteiger partial charge is 0.496 e. The number of aromatic nitrogens is 2. The first-order valence-electron chi connectivity index (χ1n) is 12.3. The predicted octanol–water partition coefficient (Wildman–Crippen LogP) is 5.63. The lowest BCUT2D eigenvalue weighted by Crippen LogP contribution is -2.28. The molecule has 1 aromatic heterocycles. The van der Waals surface area contributed by atoms with Gasteiger partial charge >= 0.3 is 0 Å². The molecule has 1 fully saturated rings. The van der Waals surface area contributed by atoms with Crippen molar-refractivity contribution in [1.82, 2.24) is 15.3 Å². The number of methoxy groups -OCH3 is 2. The number of nitrogens with one attached hydrogen (secondary N) is 2. The SMILES string of the molecule is COc1cc(OC)c(CNCC[C@H]2CC[C@@H](Nc3nc(N(C)C)c4ccccc4n3)CC2)cc1Br. The smallest absolute Gasteiger partial charge is 0.225 e. The lowest BCUT2D eigenvalue weighted by Gasteiger charge is -2.29. The summed E-state index contributed by atoms with van der Waals surface area (Å²) in [4.78, 5) is 11.6. The molecule has 0 bridgehead atoms. The molecule has 0 unspecified atom stereocenters. The fourth-order valence-electron chi connectivity index (χ4n) is 4.83. The number of para-hydroxylation sites is 1. The normalized spacial score (nSPS) is 17.9. The Labute approximate surface area is 216 Å². The Hall–Kier alpha value is -2.58. The zero-order valence-corrected chi connectivity index (χ0v) is 22.7. The van der Waals surface area contributed by atoms with Gasteiger partial charge < -0.3 is 25.0 Å². The van der Waals surface area contributed by atoms with Crippen LogP contribution in [0.3, 0.4) is 0 Å². The molecular formula is C27H36BrN5O2. The summed E-state index contributed by atoms with van der Waals surface area (Å²) < 4.78 is 11.8. The van der Waals surface area contributed by atoms with Crippen LogP contribution in [0.5, 0.6) is 11.5 Å². The number of benzene rings is 2. The number of hydrogen-bond donors (Lipinski definition) is 2. The van der Waals surface area contributed by atoms with Crippen LogP contribution < -0.4 is 25.0 Å². The zero-order chi connectivity index (χ0) is 24.8. The van der Waals surface area contributed by atoms with E-state index in [1.54, 1.807) is 14.2 Å². The van der Waals surface area contributed by atoms with E-state index in [1.807, 2.05) is 32.3 Å². The molecule has 2 N–H and O–H groups in total. The second-order valence-electron chi connectivity index (χ2n) is 9.41. The quantitative estimate of drug-likeness (QED) is 0.322. The van der Waals surface area contributed by atoms with Gasteiger partial charge in [-0.25, -0.2) is 4.98 Å². The average molecular weight is 543 g/mol. The Balaban J connectivity index is 1.25. The zero-order valence-electron chi connectivity index (χ0n) is 21.1. The maximum absolute atomic E-state index is 5.53. The monoisotopic (exact) mass is 541 g/mol. The second kappa shape index (κ2) is 11.9. The summed E-state index contributed by atoms with van der Waals surface area (Å²) >= 11 is 3.57. The summed E-state index contributed by atoms with van der Waals surface area (Å²) in [5.74, 6) is 4.07. The summed E-state index contributed by atoms with van der Waals surface area (Å²) in [6.45, 7) is 1.77. The van der Waals surface area contributed by atoms with Gasteiger partial charge in [0.2, 0.25) is 5.95 Å². The van der Waals surface area contributed by atoms with Crippen molar-refractivity contribution in [3.05, 3.63) is 46.4 Å². The molecule has 0 amide bonds. The van der Waals surface area contributed by atoms with Crippen LogP contribution >= 0.6 is 15.9 Å². The summed E-state index contributed by atoms with van der Waals surface area (Å²) in [5.41, 5.74) is 2.11.